The minimum atomic E-state index is -1.03. The molecule has 14 nitrogen and oxygen atoms in total. The summed E-state index contributed by atoms with van der Waals surface area (Å²) >= 11 is 0. The number of carbonyl (C=O) groups excluding carboxylic acids is 4. The van der Waals surface area contributed by atoms with Crippen molar-refractivity contribution in [3.8, 4) is 28.1 Å². The summed E-state index contributed by atoms with van der Waals surface area (Å²) in [7, 11) is 3.65. The number of nitrogens with zero attached hydrogens (tertiary/aromatic N) is 5. The van der Waals surface area contributed by atoms with E-state index in [9.17, 15) is 24.3 Å². The van der Waals surface area contributed by atoms with Gasteiger partial charge in [-0.1, -0.05) is 52.3 Å². The minimum Gasteiger partial charge on any atom is -0.508 e. The number of aryl methyl sites for hydroxylation is 1. The van der Waals surface area contributed by atoms with Crippen molar-refractivity contribution in [3.63, 3.8) is 0 Å². The Morgan fingerprint density at radius 1 is 1.09 bits per heavy atom. The van der Waals surface area contributed by atoms with E-state index in [2.05, 4.69) is 78.7 Å². The van der Waals surface area contributed by atoms with Crippen LogP contribution in [0.4, 0.5) is 0 Å². The standard InChI is InChI=1S/C53H69N7O7/c1-8-47(62)58-28-33(3)38(30-58)29-57(6)48(35-14-10-11-15-35)50(63)55-44-24-34-22-37(25-39(61)23-34)36-18-19-46-41(26-36)42(49(59(46)9-2)40-16-12-20-54-45(40)31-66-7)27-53(4,5)32-67-52(65)43-17-13-21-60(56-43)51(44)64/h8,12,16,18-20,22-23,25-26,33,35,38,43-44,48,56,61H,1,9-11,13-15,17,21,24,27-32H2,2-7H3,(H,55,63)/t33-,38+,43-,44?,48-/m0/s1. The van der Waals surface area contributed by atoms with E-state index >= 15 is 0 Å². The first kappa shape index (κ1) is 47.9. The first-order valence-electron chi connectivity index (χ1n) is 24.3. The first-order chi connectivity index (χ1) is 32.2. The molecule has 2 aromatic carbocycles. The van der Waals surface area contributed by atoms with Gasteiger partial charge in [0.15, 0.2) is 0 Å². The van der Waals surface area contributed by atoms with E-state index in [1.165, 1.54) is 11.1 Å². The molecule has 1 aliphatic carbocycles. The molecule has 4 aliphatic rings. The number of rotatable bonds is 11. The van der Waals surface area contributed by atoms with Crippen LogP contribution in [0.1, 0.15) is 83.0 Å². The lowest BCUT2D eigenvalue weighted by Crippen LogP contribution is -2.62. The smallest absolute Gasteiger partial charge is 0.324 e. The van der Waals surface area contributed by atoms with Crippen LogP contribution in [0.25, 0.3) is 33.3 Å². The molecule has 8 rings (SSSR count). The van der Waals surface area contributed by atoms with Crippen LogP contribution in [0.3, 0.4) is 0 Å². The molecule has 67 heavy (non-hydrogen) atoms. The molecule has 5 atom stereocenters. The van der Waals surface area contributed by atoms with Gasteiger partial charge in [0, 0.05) is 74.3 Å². The molecule has 3 amide bonds. The number of hydrogen-bond donors (Lipinski definition) is 3. The topological polar surface area (TPSA) is 159 Å². The fourth-order valence-electron chi connectivity index (χ4n) is 11.3. The number of phenols is 1. The van der Waals surface area contributed by atoms with Gasteiger partial charge in [0.25, 0.3) is 5.91 Å². The molecule has 3 fully saturated rings. The second kappa shape index (κ2) is 20.3. The van der Waals surface area contributed by atoms with Gasteiger partial charge in [0.2, 0.25) is 11.8 Å². The van der Waals surface area contributed by atoms with Crippen molar-refractivity contribution in [2.45, 2.75) is 110 Å². The fraction of sp³-hybridized carbons (Fsp3) is 0.528. The summed E-state index contributed by atoms with van der Waals surface area (Å²) in [5, 5.41) is 17.1. The second-order valence-corrected chi connectivity index (χ2v) is 20.3. The molecule has 358 valence electrons. The Kier molecular flexibility index (Phi) is 14.5. The van der Waals surface area contributed by atoms with E-state index in [1.54, 1.807) is 25.4 Å². The number of likely N-dealkylation sites (N-methyl/N-ethyl adjacent to an activating group) is 1. The zero-order valence-electron chi connectivity index (χ0n) is 40.2. The predicted molar refractivity (Wildman–Crippen MR) is 258 cm³/mol. The summed E-state index contributed by atoms with van der Waals surface area (Å²) in [6.07, 6.45) is 8.72. The Morgan fingerprint density at radius 2 is 1.88 bits per heavy atom. The molecule has 1 unspecified atom stereocenters. The number of hydrazine groups is 1. The number of pyridine rings is 1. The van der Waals surface area contributed by atoms with Gasteiger partial charge < -0.3 is 29.4 Å². The highest BCUT2D eigenvalue weighted by Crippen LogP contribution is 2.41. The van der Waals surface area contributed by atoms with Crippen LogP contribution < -0.4 is 10.7 Å². The normalized spacial score (nSPS) is 23.0. The number of benzene rings is 2. The van der Waals surface area contributed by atoms with Gasteiger partial charge in [-0.2, -0.15) is 0 Å². The average molecular weight is 916 g/mol. The van der Waals surface area contributed by atoms with E-state index in [0.717, 1.165) is 70.2 Å². The SMILES string of the molecule is C=CC(=O)N1C[C@@H](CN(C)[C@H](C(=O)NC2Cc3cc(O)cc(c3)-c3ccc4c(c3)c(c(-c3cccnc3COC)n4CC)CC(C)(C)COC(=O)[C@@H]3CCCN(N3)C2=O)C2CCCC2)[C@@H](C)C1. The van der Waals surface area contributed by atoms with E-state index in [4.69, 9.17) is 14.5 Å². The highest BCUT2D eigenvalue weighted by atomic mass is 16.5. The third-order valence-corrected chi connectivity index (χ3v) is 14.6. The van der Waals surface area contributed by atoms with Gasteiger partial charge in [-0.05, 0) is 129 Å². The Morgan fingerprint density at radius 3 is 2.63 bits per heavy atom. The summed E-state index contributed by atoms with van der Waals surface area (Å²) in [5.41, 5.74) is 9.97. The van der Waals surface area contributed by atoms with Gasteiger partial charge in [0.1, 0.15) is 17.8 Å². The van der Waals surface area contributed by atoms with Crippen LogP contribution in [0.15, 0.2) is 67.4 Å². The number of phenolic OH excluding ortho intramolecular Hbond substituents is 1. The molecule has 2 aromatic heterocycles. The predicted octanol–water partition coefficient (Wildman–Crippen LogP) is 6.66. The molecule has 1 saturated carbocycles. The van der Waals surface area contributed by atoms with Crippen LogP contribution in [0.2, 0.25) is 0 Å². The van der Waals surface area contributed by atoms with Crippen molar-refractivity contribution >= 4 is 34.6 Å². The molecule has 14 heteroatoms. The molecule has 3 N–H and O–H groups in total. The number of fused-ring (bicyclic) bond motifs is 6. The van der Waals surface area contributed by atoms with Crippen LogP contribution in [0.5, 0.6) is 5.75 Å². The molecule has 3 aliphatic heterocycles. The largest absolute Gasteiger partial charge is 0.508 e. The monoisotopic (exact) mass is 916 g/mol. The van der Waals surface area contributed by atoms with Crippen molar-refractivity contribution in [1.82, 2.24) is 35.1 Å². The van der Waals surface area contributed by atoms with E-state index in [1.807, 2.05) is 24.1 Å². The number of hydrogen-bond acceptors (Lipinski definition) is 10. The van der Waals surface area contributed by atoms with Crippen LogP contribution in [-0.4, -0.2) is 118 Å². The molecule has 4 aromatic rings. The van der Waals surface area contributed by atoms with Crippen LogP contribution in [-0.2, 0) is 54.6 Å². The summed E-state index contributed by atoms with van der Waals surface area (Å²) < 4.78 is 14.1. The minimum absolute atomic E-state index is 0.0457. The van der Waals surface area contributed by atoms with Gasteiger partial charge in [0.05, 0.1) is 30.6 Å². The maximum atomic E-state index is 14.9. The maximum Gasteiger partial charge on any atom is 0.324 e. The lowest BCUT2D eigenvalue weighted by atomic mass is 9.84. The molecular formula is C53H69N7O7. The van der Waals surface area contributed by atoms with Crippen LogP contribution in [0, 0.1) is 23.2 Å². The fourth-order valence-corrected chi connectivity index (χ4v) is 11.3. The molecule has 2 saturated heterocycles. The number of aromatic hydroxyl groups is 1. The van der Waals surface area contributed by atoms with Gasteiger partial charge in [-0.15, -0.1) is 0 Å². The van der Waals surface area contributed by atoms with Gasteiger partial charge in [-0.3, -0.25) is 34.1 Å². The molecule has 0 spiro atoms. The quantitative estimate of drug-likeness (QED) is 0.110. The lowest BCUT2D eigenvalue weighted by molar-refractivity contribution is -0.155. The molecular weight excluding hydrogens is 847 g/mol. The third-order valence-electron chi connectivity index (χ3n) is 14.6. The average Bonchev–Trinajstić information content (AvgIpc) is 4.05. The highest BCUT2D eigenvalue weighted by Gasteiger charge is 2.41. The number of aromatic nitrogens is 2. The van der Waals surface area contributed by atoms with E-state index in [-0.39, 0.29) is 54.3 Å². The Hall–Kier alpha value is -5.57. The number of methoxy groups -OCH3 is 1. The van der Waals surface area contributed by atoms with Gasteiger partial charge in [-0.25, -0.2) is 5.43 Å². The highest BCUT2D eigenvalue weighted by molar-refractivity contribution is 5.96. The number of esters is 1. The summed E-state index contributed by atoms with van der Waals surface area (Å²) in [4.78, 5) is 65.1. The lowest BCUT2D eigenvalue weighted by Gasteiger charge is -2.37. The number of cyclic esters (lactones) is 1. The van der Waals surface area contributed by atoms with E-state index in [0.29, 0.717) is 64.2 Å². The number of amides is 3. The van der Waals surface area contributed by atoms with Crippen molar-refractivity contribution < 1.29 is 33.8 Å². The Bertz CT molecular complexity index is 2490. The van der Waals surface area contributed by atoms with Crippen molar-refractivity contribution in [2.75, 3.05) is 46.9 Å². The van der Waals surface area contributed by atoms with Crippen LogP contribution >= 0.6 is 0 Å². The van der Waals surface area contributed by atoms with E-state index < -0.39 is 29.5 Å². The first-order valence-corrected chi connectivity index (χ1v) is 24.3. The summed E-state index contributed by atoms with van der Waals surface area (Å²) in [5.74, 6) is -0.561. The Labute approximate surface area is 395 Å². The maximum absolute atomic E-state index is 14.9. The summed E-state index contributed by atoms with van der Waals surface area (Å²) in [6, 6.07) is 13.5. The van der Waals surface area contributed by atoms with Crippen molar-refractivity contribution in [3.05, 3.63) is 84.2 Å². The number of nitrogens with one attached hydrogen (secondary N) is 2. The number of likely N-dealkylation sites (tertiary alicyclic amines) is 1. The molecule has 6 bridgehead atoms. The Balaban J connectivity index is 1.19. The molecule has 5 heterocycles. The third kappa shape index (κ3) is 10.3. The number of carbonyl (C=O) groups is 4. The van der Waals surface area contributed by atoms with Crippen molar-refractivity contribution in [1.29, 1.82) is 0 Å². The molecule has 0 radical (unpaired) electrons. The second-order valence-electron chi connectivity index (χ2n) is 20.3. The summed E-state index contributed by atoms with van der Waals surface area (Å²) in [6.45, 7) is 15.5. The number of ether oxygens (including phenoxy) is 2. The zero-order valence-corrected chi connectivity index (χ0v) is 40.2. The van der Waals surface area contributed by atoms with Crippen molar-refractivity contribution in [2.24, 2.45) is 23.2 Å². The van der Waals surface area contributed by atoms with Gasteiger partial charge >= 0.3 is 5.97 Å². The zero-order chi connectivity index (χ0) is 47.6.